The molecule has 126 valence electrons. The third-order valence-electron chi connectivity index (χ3n) is 4.74. The molecule has 0 aliphatic carbocycles. The summed E-state index contributed by atoms with van der Waals surface area (Å²) in [7, 11) is 0. The molecule has 0 aromatic carbocycles. The van der Waals surface area contributed by atoms with Gasteiger partial charge in [-0.05, 0) is 19.8 Å². The van der Waals surface area contributed by atoms with Crippen LogP contribution in [0, 0.1) is 6.92 Å². The van der Waals surface area contributed by atoms with E-state index >= 15 is 0 Å². The van der Waals surface area contributed by atoms with Gasteiger partial charge in [0, 0.05) is 38.4 Å². The van der Waals surface area contributed by atoms with Crippen molar-refractivity contribution in [1.82, 2.24) is 19.6 Å². The van der Waals surface area contributed by atoms with Crippen molar-refractivity contribution in [3.05, 3.63) is 17.5 Å². The topological polar surface area (TPSA) is 67.7 Å². The summed E-state index contributed by atoms with van der Waals surface area (Å²) in [5.74, 6) is 0.0575. The van der Waals surface area contributed by atoms with Gasteiger partial charge in [0.15, 0.2) is 0 Å². The highest BCUT2D eigenvalue weighted by molar-refractivity contribution is 5.95. The number of aromatic nitrogens is 2. The number of carbonyl (C=O) groups excluding carboxylic acids is 2. The van der Waals surface area contributed by atoms with E-state index in [1.807, 2.05) is 18.5 Å². The van der Waals surface area contributed by atoms with Crippen molar-refractivity contribution in [3.8, 4) is 0 Å². The number of rotatable bonds is 3. The maximum absolute atomic E-state index is 12.7. The van der Waals surface area contributed by atoms with Crippen molar-refractivity contribution in [2.45, 2.75) is 39.2 Å². The molecule has 23 heavy (non-hydrogen) atoms. The molecular weight excluding hydrogens is 296 g/mol. The molecule has 0 bridgehead atoms. The Kier molecular flexibility index (Phi) is 4.66. The predicted molar refractivity (Wildman–Crippen MR) is 84.0 cm³/mol. The molecule has 2 saturated heterocycles. The smallest absolute Gasteiger partial charge is 0.258 e. The van der Waals surface area contributed by atoms with Crippen LogP contribution >= 0.6 is 0 Å². The van der Waals surface area contributed by atoms with Gasteiger partial charge in [0.2, 0.25) is 5.91 Å². The summed E-state index contributed by atoms with van der Waals surface area (Å²) >= 11 is 0. The fourth-order valence-corrected chi connectivity index (χ4v) is 3.28. The summed E-state index contributed by atoms with van der Waals surface area (Å²) < 4.78 is 7.35. The van der Waals surface area contributed by atoms with Crippen LogP contribution in [-0.4, -0.2) is 64.4 Å². The minimum absolute atomic E-state index is 0.0350. The molecule has 0 spiro atoms. The van der Waals surface area contributed by atoms with E-state index in [1.165, 1.54) is 0 Å². The van der Waals surface area contributed by atoms with Crippen LogP contribution in [-0.2, 0) is 9.53 Å². The van der Waals surface area contributed by atoms with E-state index in [2.05, 4.69) is 5.10 Å². The Morgan fingerprint density at radius 1 is 1.26 bits per heavy atom. The van der Waals surface area contributed by atoms with Crippen molar-refractivity contribution < 1.29 is 14.3 Å². The van der Waals surface area contributed by atoms with Gasteiger partial charge in [-0.1, -0.05) is 6.92 Å². The van der Waals surface area contributed by atoms with Crippen molar-refractivity contribution in [2.75, 3.05) is 33.0 Å². The molecule has 3 heterocycles. The van der Waals surface area contributed by atoms with Gasteiger partial charge in [-0.25, -0.2) is 0 Å². The predicted octanol–water partition coefficient (Wildman–Crippen LogP) is 1.19. The summed E-state index contributed by atoms with van der Waals surface area (Å²) in [6, 6.07) is 0.307. The highest BCUT2D eigenvalue weighted by Gasteiger charge is 2.30. The van der Waals surface area contributed by atoms with Gasteiger partial charge in [0.1, 0.15) is 0 Å². The van der Waals surface area contributed by atoms with Crippen LogP contribution in [0.2, 0.25) is 0 Å². The zero-order valence-corrected chi connectivity index (χ0v) is 13.8. The standard InChI is InChI=1S/C16H24N4O3/c1-3-15(21)18-6-7-19(11-18)16(22)14-10-17-20(12(14)2)13-4-8-23-9-5-13/h10,13H,3-9,11H2,1-2H3. The first-order valence-electron chi connectivity index (χ1n) is 8.30. The zero-order valence-electron chi connectivity index (χ0n) is 13.8. The van der Waals surface area contributed by atoms with Gasteiger partial charge in [-0.15, -0.1) is 0 Å². The van der Waals surface area contributed by atoms with Gasteiger partial charge >= 0.3 is 0 Å². The van der Waals surface area contributed by atoms with E-state index in [4.69, 9.17) is 4.74 Å². The van der Waals surface area contributed by atoms with Crippen LogP contribution in [0.25, 0.3) is 0 Å². The number of carbonyl (C=O) groups is 2. The minimum Gasteiger partial charge on any atom is -0.381 e. The van der Waals surface area contributed by atoms with Crippen LogP contribution in [0.15, 0.2) is 6.20 Å². The lowest BCUT2D eigenvalue weighted by Gasteiger charge is -2.24. The first-order valence-corrected chi connectivity index (χ1v) is 8.30. The number of amides is 2. The monoisotopic (exact) mass is 320 g/mol. The molecule has 2 aliphatic rings. The average molecular weight is 320 g/mol. The number of hydrogen-bond acceptors (Lipinski definition) is 4. The van der Waals surface area contributed by atoms with Gasteiger partial charge in [0.25, 0.3) is 5.91 Å². The fraction of sp³-hybridized carbons (Fsp3) is 0.688. The summed E-state index contributed by atoms with van der Waals surface area (Å²) in [5, 5.41) is 4.44. The first-order chi connectivity index (χ1) is 11.1. The molecule has 0 atom stereocenters. The lowest BCUT2D eigenvalue weighted by Crippen LogP contribution is -2.34. The van der Waals surface area contributed by atoms with E-state index in [0.717, 1.165) is 31.7 Å². The second kappa shape index (κ2) is 6.70. The molecule has 0 unspecified atom stereocenters. The van der Waals surface area contributed by atoms with Crippen LogP contribution in [0.3, 0.4) is 0 Å². The molecule has 3 rings (SSSR count). The summed E-state index contributed by atoms with van der Waals surface area (Å²) in [5.41, 5.74) is 1.55. The number of ether oxygens (including phenoxy) is 1. The molecule has 2 fully saturated rings. The lowest BCUT2D eigenvalue weighted by atomic mass is 10.1. The van der Waals surface area contributed by atoms with Gasteiger partial charge in [-0.2, -0.15) is 5.10 Å². The average Bonchev–Trinajstić information content (AvgIpc) is 3.21. The largest absolute Gasteiger partial charge is 0.381 e. The van der Waals surface area contributed by atoms with Crippen LogP contribution < -0.4 is 0 Å². The molecule has 0 radical (unpaired) electrons. The minimum atomic E-state index is -0.0350. The van der Waals surface area contributed by atoms with Gasteiger partial charge in [0.05, 0.1) is 24.5 Å². The lowest BCUT2D eigenvalue weighted by molar-refractivity contribution is -0.130. The van der Waals surface area contributed by atoms with Crippen molar-refractivity contribution >= 4 is 11.8 Å². The highest BCUT2D eigenvalue weighted by atomic mass is 16.5. The molecule has 0 saturated carbocycles. The maximum atomic E-state index is 12.7. The van der Waals surface area contributed by atoms with Crippen LogP contribution in [0.1, 0.15) is 48.3 Å². The summed E-state index contributed by atoms with van der Waals surface area (Å²) in [6.07, 6.45) is 4.00. The maximum Gasteiger partial charge on any atom is 0.258 e. The van der Waals surface area contributed by atoms with E-state index < -0.39 is 0 Å². The first kappa shape index (κ1) is 16.0. The van der Waals surface area contributed by atoms with Crippen molar-refractivity contribution in [1.29, 1.82) is 0 Å². The Hall–Kier alpha value is -1.89. The zero-order chi connectivity index (χ0) is 16.4. The molecule has 1 aromatic rings. The summed E-state index contributed by atoms with van der Waals surface area (Å²) in [4.78, 5) is 27.9. The number of hydrogen-bond donors (Lipinski definition) is 0. The Labute approximate surface area is 136 Å². The fourth-order valence-electron chi connectivity index (χ4n) is 3.28. The molecule has 1 aromatic heterocycles. The Morgan fingerprint density at radius 2 is 1.96 bits per heavy atom. The van der Waals surface area contributed by atoms with Crippen molar-refractivity contribution in [2.24, 2.45) is 0 Å². The van der Waals surface area contributed by atoms with E-state index in [9.17, 15) is 9.59 Å². The summed E-state index contributed by atoms with van der Waals surface area (Å²) in [6.45, 7) is 6.86. The molecule has 2 amide bonds. The second-order valence-corrected chi connectivity index (χ2v) is 6.15. The van der Waals surface area contributed by atoms with Crippen LogP contribution in [0.4, 0.5) is 0 Å². The molecular formula is C16H24N4O3. The van der Waals surface area contributed by atoms with E-state index in [-0.39, 0.29) is 11.8 Å². The van der Waals surface area contributed by atoms with Crippen LogP contribution in [0.5, 0.6) is 0 Å². The van der Waals surface area contributed by atoms with E-state index in [0.29, 0.717) is 37.8 Å². The SMILES string of the molecule is CCC(=O)N1CCN(C(=O)c2cnn(C3CCOCC3)c2C)C1. The third kappa shape index (κ3) is 3.10. The Bertz CT molecular complexity index is 592. The van der Waals surface area contributed by atoms with E-state index in [1.54, 1.807) is 16.0 Å². The molecule has 2 aliphatic heterocycles. The molecule has 0 N–H and O–H groups in total. The van der Waals surface area contributed by atoms with Gasteiger partial charge < -0.3 is 14.5 Å². The Morgan fingerprint density at radius 3 is 2.65 bits per heavy atom. The quantitative estimate of drug-likeness (QED) is 0.839. The highest BCUT2D eigenvalue weighted by Crippen LogP contribution is 2.24. The van der Waals surface area contributed by atoms with Gasteiger partial charge in [-0.3, -0.25) is 14.3 Å². The van der Waals surface area contributed by atoms with Crippen molar-refractivity contribution in [3.63, 3.8) is 0 Å². The number of nitrogens with zero attached hydrogens (tertiary/aromatic N) is 4. The third-order valence-corrected chi connectivity index (χ3v) is 4.74. The molecule has 7 nitrogen and oxygen atoms in total. The molecule has 7 heteroatoms. The second-order valence-electron chi connectivity index (χ2n) is 6.15. The Balaban J connectivity index is 1.71. The normalized spacial score (nSPS) is 19.4.